The molecule has 2 amide bonds. The number of hydrogen-bond acceptors (Lipinski definition) is 4. The van der Waals surface area contributed by atoms with E-state index in [9.17, 15) is 9.59 Å². The van der Waals surface area contributed by atoms with E-state index in [2.05, 4.69) is 10.3 Å². The molecule has 2 rings (SSSR count). The van der Waals surface area contributed by atoms with Crippen LogP contribution < -0.4 is 11.1 Å². The third kappa shape index (κ3) is 3.24. The summed E-state index contributed by atoms with van der Waals surface area (Å²) in [5, 5.41) is 2.88. The zero-order valence-electron chi connectivity index (χ0n) is 9.22. The number of nitrogens with zero attached hydrogens (tertiary/aromatic N) is 1. The predicted molar refractivity (Wildman–Crippen MR) is 72.7 cm³/mol. The Kier molecular flexibility index (Phi) is 3.88. The van der Waals surface area contributed by atoms with Gasteiger partial charge in [0.2, 0.25) is 5.91 Å². The first-order valence-electron chi connectivity index (χ1n) is 5.14. The van der Waals surface area contributed by atoms with Crippen LogP contribution in [0.25, 0.3) is 0 Å². The van der Waals surface area contributed by atoms with E-state index in [0.29, 0.717) is 10.7 Å². The van der Waals surface area contributed by atoms with Gasteiger partial charge in [-0.3, -0.25) is 9.59 Å². The van der Waals surface area contributed by atoms with Crippen molar-refractivity contribution in [3.63, 3.8) is 0 Å². The molecule has 1 atom stereocenters. The second-order valence-electron chi connectivity index (χ2n) is 3.66. The number of hydrogen-bond donors (Lipinski definition) is 2. The highest BCUT2D eigenvalue weighted by molar-refractivity contribution is 8.15. The van der Waals surface area contributed by atoms with Gasteiger partial charge in [-0.15, -0.1) is 0 Å². The molecule has 0 saturated heterocycles. The fourth-order valence-corrected chi connectivity index (χ4v) is 2.49. The van der Waals surface area contributed by atoms with Gasteiger partial charge in [0, 0.05) is 17.1 Å². The Morgan fingerprint density at radius 2 is 2.33 bits per heavy atom. The zero-order chi connectivity index (χ0) is 13.1. The second kappa shape index (κ2) is 5.41. The number of carbonyl (C=O) groups is 2. The van der Waals surface area contributed by atoms with E-state index < -0.39 is 5.25 Å². The fourth-order valence-electron chi connectivity index (χ4n) is 1.48. The maximum atomic E-state index is 11.7. The van der Waals surface area contributed by atoms with Crippen LogP contribution in [0.3, 0.4) is 0 Å². The number of halogens is 1. The van der Waals surface area contributed by atoms with Crippen molar-refractivity contribution in [2.24, 2.45) is 10.7 Å². The number of anilines is 1. The lowest BCUT2D eigenvalue weighted by Gasteiger charge is -2.08. The predicted octanol–water partition coefficient (Wildman–Crippen LogP) is 1.63. The Morgan fingerprint density at radius 3 is 2.94 bits per heavy atom. The Bertz CT molecular complexity index is 533. The van der Waals surface area contributed by atoms with Gasteiger partial charge < -0.3 is 11.1 Å². The van der Waals surface area contributed by atoms with Gasteiger partial charge >= 0.3 is 0 Å². The Balaban J connectivity index is 1.92. The average Bonchev–Trinajstić information content (AvgIpc) is 2.57. The van der Waals surface area contributed by atoms with Crippen LogP contribution >= 0.6 is 23.4 Å². The molecule has 1 heterocycles. The maximum absolute atomic E-state index is 11.7. The second-order valence-corrected chi connectivity index (χ2v) is 5.32. The van der Waals surface area contributed by atoms with E-state index >= 15 is 0 Å². The van der Waals surface area contributed by atoms with Crippen molar-refractivity contribution < 1.29 is 9.59 Å². The lowest BCUT2D eigenvalue weighted by molar-refractivity contribution is -0.121. The van der Waals surface area contributed by atoms with Crippen LogP contribution in [0.2, 0.25) is 5.02 Å². The third-order valence-corrected chi connectivity index (χ3v) is 3.46. The fraction of sp³-hybridized carbons (Fsp3) is 0.182. The first-order chi connectivity index (χ1) is 8.54. The number of amides is 2. The van der Waals surface area contributed by atoms with E-state index in [1.54, 1.807) is 24.3 Å². The Labute approximate surface area is 113 Å². The van der Waals surface area contributed by atoms with Crippen molar-refractivity contribution in [1.82, 2.24) is 0 Å². The molecular formula is C11H10ClN3O2S. The van der Waals surface area contributed by atoms with Crippen molar-refractivity contribution >= 4 is 46.0 Å². The maximum Gasteiger partial charge on any atom is 0.262 e. The molecule has 1 aromatic carbocycles. The summed E-state index contributed by atoms with van der Waals surface area (Å²) in [5.74, 6) is -0.633. The molecule has 0 fully saturated rings. The van der Waals surface area contributed by atoms with E-state index in [0.717, 1.165) is 11.8 Å². The molecule has 7 heteroatoms. The largest absolute Gasteiger partial charge is 0.378 e. The molecule has 0 saturated carbocycles. The standard InChI is InChI=1S/C11H10ClN3O2S/c12-6-2-1-3-7(4-6)14-9(16)5-8-10(17)15-11(13)18-8/h1-4,8H,5H2,(H,14,16)(H2,13,15,17)/t8-/m1/s1. The quantitative estimate of drug-likeness (QED) is 0.883. The first-order valence-corrected chi connectivity index (χ1v) is 6.40. The Hall–Kier alpha value is -1.53. The summed E-state index contributed by atoms with van der Waals surface area (Å²) in [4.78, 5) is 26.6. The number of nitrogens with two attached hydrogens (primary N) is 1. The molecule has 1 aliphatic rings. The SMILES string of the molecule is NC1=NC(=O)[C@@H](CC(=O)Nc2cccc(Cl)c2)S1. The van der Waals surface area contributed by atoms with Gasteiger partial charge in [-0.1, -0.05) is 29.4 Å². The molecule has 0 spiro atoms. The third-order valence-electron chi connectivity index (χ3n) is 2.24. The molecule has 0 aromatic heterocycles. The van der Waals surface area contributed by atoms with Gasteiger partial charge in [-0.05, 0) is 18.2 Å². The monoisotopic (exact) mass is 283 g/mol. The van der Waals surface area contributed by atoms with Crippen LogP contribution in [-0.4, -0.2) is 22.2 Å². The van der Waals surface area contributed by atoms with Crippen LogP contribution in [0.15, 0.2) is 29.3 Å². The molecule has 18 heavy (non-hydrogen) atoms. The van der Waals surface area contributed by atoms with Crippen molar-refractivity contribution in [2.75, 3.05) is 5.32 Å². The summed E-state index contributed by atoms with van der Waals surface area (Å²) in [6.45, 7) is 0. The van der Waals surface area contributed by atoms with Gasteiger partial charge in [0.05, 0.1) is 0 Å². The van der Waals surface area contributed by atoms with Crippen LogP contribution in [-0.2, 0) is 9.59 Å². The van der Waals surface area contributed by atoms with Crippen LogP contribution in [0.5, 0.6) is 0 Å². The molecule has 94 valence electrons. The van der Waals surface area contributed by atoms with Crippen LogP contribution in [0.1, 0.15) is 6.42 Å². The zero-order valence-corrected chi connectivity index (χ0v) is 10.8. The van der Waals surface area contributed by atoms with Gasteiger partial charge in [-0.25, -0.2) is 0 Å². The average molecular weight is 284 g/mol. The molecule has 3 N–H and O–H groups in total. The summed E-state index contributed by atoms with van der Waals surface area (Å²) < 4.78 is 0. The molecule has 0 bridgehead atoms. The van der Waals surface area contributed by atoms with Gasteiger partial charge in [0.15, 0.2) is 5.17 Å². The van der Waals surface area contributed by atoms with Crippen molar-refractivity contribution in [3.8, 4) is 0 Å². The van der Waals surface area contributed by atoms with Crippen LogP contribution in [0.4, 0.5) is 5.69 Å². The minimum Gasteiger partial charge on any atom is -0.378 e. The molecule has 0 unspecified atom stereocenters. The number of amidine groups is 1. The molecule has 0 radical (unpaired) electrons. The van der Waals surface area contributed by atoms with Crippen molar-refractivity contribution in [3.05, 3.63) is 29.3 Å². The van der Waals surface area contributed by atoms with Crippen molar-refractivity contribution in [1.29, 1.82) is 0 Å². The number of aliphatic imine (C=N–C) groups is 1. The van der Waals surface area contributed by atoms with Gasteiger partial charge in [-0.2, -0.15) is 4.99 Å². The number of thioether (sulfide) groups is 1. The normalized spacial score (nSPS) is 18.6. The summed E-state index contributed by atoms with van der Waals surface area (Å²) >= 11 is 6.90. The molecule has 0 aliphatic carbocycles. The molecule has 1 aromatic rings. The smallest absolute Gasteiger partial charge is 0.262 e. The van der Waals surface area contributed by atoms with Gasteiger partial charge in [0.1, 0.15) is 5.25 Å². The number of nitrogens with one attached hydrogen (secondary N) is 1. The number of carbonyl (C=O) groups excluding carboxylic acids is 2. The van der Waals surface area contributed by atoms with E-state index in [1.807, 2.05) is 0 Å². The lowest BCUT2D eigenvalue weighted by Crippen LogP contribution is -2.21. The molecular weight excluding hydrogens is 274 g/mol. The Morgan fingerprint density at radius 1 is 1.56 bits per heavy atom. The summed E-state index contributed by atoms with van der Waals surface area (Å²) in [6.07, 6.45) is 0.0419. The minimum atomic E-state index is -0.524. The molecule has 1 aliphatic heterocycles. The highest BCUT2D eigenvalue weighted by Gasteiger charge is 2.29. The van der Waals surface area contributed by atoms with E-state index in [-0.39, 0.29) is 23.4 Å². The van der Waals surface area contributed by atoms with E-state index in [1.165, 1.54) is 0 Å². The topological polar surface area (TPSA) is 84.5 Å². The first kappa shape index (κ1) is 12.9. The summed E-state index contributed by atoms with van der Waals surface area (Å²) in [7, 11) is 0. The highest BCUT2D eigenvalue weighted by atomic mass is 35.5. The minimum absolute atomic E-state index is 0.0419. The van der Waals surface area contributed by atoms with Crippen LogP contribution in [0, 0.1) is 0 Å². The van der Waals surface area contributed by atoms with Crippen molar-refractivity contribution in [2.45, 2.75) is 11.7 Å². The number of rotatable bonds is 3. The van der Waals surface area contributed by atoms with Gasteiger partial charge in [0.25, 0.3) is 5.91 Å². The molecule has 5 nitrogen and oxygen atoms in total. The lowest BCUT2D eigenvalue weighted by atomic mass is 10.2. The summed E-state index contributed by atoms with van der Waals surface area (Å²) in [5.41, 5.74) is 6.00. The van der Waals surface area contributed by atoms with E-state index in [4.69, 9.17) is 17.3 Å². The number of benzene rings is 1. The summed E-state index contributed by atoms with van der Waals surface area (Å²) in [6, 6.07) is 6.79. The highest BCUT2D eigenvalue weighted by Crippen LogP contribution is 2.23.